The Bertz CT molecular complexity index is 240. The minimum absolute atomic E-state index is 0.160. The first-order valence-corrected chi connectivity index (χ1v) is 5.46. The lowest BCUT2D eigenvalue weighted by Crippen LogP contribution is -2.38. The molecule has 0 aliphatic heterocycles. The molecule has 0 rings (SSSR count). The Kier molecular flexibility index (Phi) is 6.29. The van der Waals surface area contributed by atoms with Gasteiger partial charge in [0.25, 0.3) is 0 Å². The number of hydrogen-bond donors (Lipinski definition) is 2. The maximum Gasteiger partial charge on any atom is 0.315 e. The second kappa shape index (κ2) is 6.66. The van der Waals surface area contributed by atoms with E-state index in [2.05, 4.69) is 0 Å². The molecule has 0 heterocycles. The summed E-state index contributed by atoms with van der Waals surface area (Å²) >= 11 is 0. The van der Waals surface area contributed by atoms with Crippen molar-refractivity contribution >= 4 is 5.97 Å². The summed E-state index contributed by atoms with van der Waals surface area (Å²) in [5, 5.41) is 18.7. The molecule has 0 amide bonds. The summed E-state index contributed by atoms with van der Waals surface area (Å²) in [5.74, 6) is -1.19. The van der Waals surface area contributed by atoms with Gasteiger partial charge in [0.05, 0.1) is 19.3 Å². The van der Waals surface area contributed by atoms with Gasteiger partial charge in [0.1, 0.15) is 5.92 Å². The van der Waals surface area contributed by atoms with Crippen molar-refractivity contribution < 1.29 is 19.7 Å². The summed E-state index contributed by atoms with van der Waals surface area (Å²) in [6.07, 6.45) is 2.10. The first kappa shape index (κ1) is 15.1. The normalized spacial score (nSPS) is 16.1. The average Bonchev–Trinajstić information content (AvgIpc) is 2.17. The van der Waals surface area contributed by atoms with Crippen molar-refractivity contribution in [2.45, 2.75) is 33.8 Å². The number of rotatable bonds is 5. The van der Waals surface area contributed by atoms with Crippen molar-refractivity contribution in [1.29, 1.82) is 0 Å². The Labute approximate surface area is 96.9 Å². The Morgan fingerprint density at radius 3 is 2.38 bits per heavy atom. The van der Waals surface area contributed by atoms with Crippen molar-refractivity contribution in [3.8, 4) is 0 Å². The van der Waals surface area contributed by atoms with E-state index in [1.807, 2.05) is 20.8 Å². The number of aliphatic hydroxyl groups excluding tert-OH is 2. The van der Waals surface area contributed by atoms with Crippen LogP contribution in [0, 0.1) is 11.3 Å². The summed E-state index contributed by atoms with van der Waals surface area (Å²) in [6, 6.07) is 0. The van der Waals surface area contributed by atoms with Crippen LogP contribution in [0.4, 0.5) is 0 Å². The highest BCUT2D eigenvalue weighted by molar-refractivity contribution is 5.75. The van der Waals surface area contributed by atoms with Crippen LogP contribution in [-0.4, -0.2) is 35.5 Å². The van der Waals surface area contributed by atoms with Crippen LogP contribution in [0.2, 0.25) is 0 Å². The van der Waals surface area contributed by atoms with E-state index in [1.165, 1.54) is 12.2 Å². The Hall–Kier alpha value is -0.870. The number of ether oxygens (including phenoxy) is 1. The zero-order valence-electron chi connectivity index (χ0n) is 10.4. The zero-order chi connectivity index (χ0) is 12.8. The van der Waals surface area contributed by atoms with E-state index in [1.54, 1.807) is 6.92 Å². The van der Waals surface area contributed by atoms with E-state index in [4.69, 9.17) is 9.84 Å². The topological polar surface area (TPSA) is 66.8 Å². The van der Waals surface area contributed by atoms with Crippen LogP contribution < -0.4 is 0 Å². The maximum atomic E-state index is 11.6. The lowest BCUT2D eigenvalue weighted by molar-refractivity contribution is -0.152. The smallest absolute Gasteiger partial charge is 0.315 e. The van der Waals surface area contributed by atoms with Gasteiger partial charge in [-0.25, -0.2) is 0 Å². The van der Waals surface area contributed by atoms with Crippen molar-refractivity contribution in [2.24, 2.45) is 11.3 Å². The minimum Gasteiger partial charge on any atom is -0.465 e. The number of esters is 1. The summed E-state index contributed by atoms with van der Waals surface area (Å²) in [5.41, 5.74) is -0.419. The molecule has 94 valence electrons. The number of carbonyl (C=O) groups excluding carboxylic acids is 1. The number of aliphatic hydroxyl groups is 2. The first-order chi connectivity index (χ1) is 7.34. The molecule has 16 heavy (non-hydrogen) atoms. The van der Waals surface area contributed by atoms with Crippen LogP contribution >= 0.6 is 0 Å². The Morgan fingerprint density at radius 2 is 2.00 bits per heavy atom. The molecule has 4 heteroatoms. The van der Waals surface area contributed by atoms with Crippen molar-refractivity contribution in [1.82, 2.24) is 0 Å². The van der Waals surface area contributed by atoms with E-state index < -0.39 is 23.4 Å². The lowest BCUT2D eigenvalue weighted by Gasteiger charge is -2.30. The lowest BCUT2D eigenvalue weighted by atomic mass is 9.81. The van der Waals surface area contributed by atoms with Gasteiger partial charge in [-0.3, -0.25) is 4.79 Å². The maximum absolute atomic E-state index is 11.6. The fourth-order valence-electron chi connectivity index (χ4n) is 1.30. The fourth-order valence-corrected chi connectivity index (χ4v) is 1.30. The standard InChI is InChI=1S/C12H22O4/c1-5-16-11(15)9(7-6-8-13)10(14)12(2,3)4/h6-7,9-10,13-14H,5,8H2,1-4H3/b7-6+/t9-,10-/m0/s1. The van der Waals surface area contributed by atoms with Crippen molar-refractivity contribution in [3.05, 3.63) is 12.2 Å². The quantitative estimate of drug-likeness (QED) is 0.548. The molecule has 2 atom stereocenters. The molecule has 0 radical (unpaired) electrons. The van der Waals surface area contributed by atoms with E-state index >= 15 is 0 Å². The van der Waals surface area contributed by atoms with Gasteiger partial charge in [-0.1, -0.05) is 32.9 Å². The van der Waals surface area contributed by atoms with Crippen LogP contribution in [-0.2, 0) is 9.53 Å². The molecule has 2 N–H and O–H groups in total. The van der Waals surface area contributed by atoms with Gasteiger partial charge in [-0.15, -0.1) is 0 Å². The van der Waals surface area contributed by atoms with Gasteiger partial charge in [-0.2, -0.15) is 0 Å². The van der Waals surface area contributed by atoms with Crippen molar-refractivity contribution in [2.75, 3.05) is 13.2 Å². The predicted molar refractivity (Wildman–Crippen MR) is 61.8 cm³/mol. The monoisotopic (exact) mass is 230 g/mol. The van der Waals surface area contributed by atoms with E-state index in [0.29, 0.717) is 0 Å². The zero-order valence-corrected chi connectivity index (χ0v) is 10.4. The average molecular weight is 230 g/mol. The molecule has 0 aliphatic rings. The molecular weight excluding hydrogens is 208 g/mol. The summed E-state index contributed by atoms with van der Waals surface area (Å²) < 4.78 is 4.89. The molecule has 0 spiro atoms. The molecule has 0 aromatic heterocycles. The molecular formula is C12H22O4. The van der Waals surface area contributed by atoms with E-state index in [-0.39, 0.29) is 13.2 Å². The minimum atomic E-state index is -0.839. The second-order valence-corrected chi connectivity index (χ2v) is 4.70. The summed E-state index contributed by atoms with van der Waals surface area (Å²) in [4.78, 5) is 11.6. The third-order valence-corrected chi connectivity index (χ3v) is 2.24. The van der Waals surface area contributed by atoms with Gasteiger partial charge < -0.3 is 14.9 Å². The molecule has 0 saturated heterocycles. The van der Waals surface area contributed by atoms with Crippen LogP contribution in [0.5, 0.6) is 0 Å². The van der Waals surface area contributed by atoms with Crippen LogP contribution in [0.3, 0.4) is 0 Å². The van der Waals surface area contributed by atoms with Gasteiger partial charge in [0.2, 0.25) is 0 Å². The molecule has 0 fully saturated rings. The Balaban J connectivity index is 4.79. The predicted octanol–water partition coefficient (Wildman–Crippen LogP) is 1.12. The second-order valence-electron chi connectivity index (χ2n) is 4.70. The third kappa shape index (κ3) is 4.77. The van der Waals surface area contributed by atoms with Gasteiger partial charge in [0, 0.05) is 0 Å². The molecule has 0 aromatic rings. The van der Waals surface area contributed by atoms with E-state index in [0.717, 1.165) is 0 Å². The van der Waals surface area contributed by atoms with Crippen LogP contribution in [0.1, 0.15) is 27.7 Å². The molecule has 0 saturated carbocycles. The third-order valence-electron chi connectivity index (χ3n) is 2.24. The molecule has 0 bridgehead atoms. The van der Waals surface area contributed by atoms with Gasteiger partial charge >= 0.3 is 5.97 Å². The van der Waals surface area contributed by atoms with Crippen LogP contribution in [0.15, 0.2) is 12.2 Å². The van der Waals surface area contributed by atoms with E-state index in [9.17, 15) is 9.90 Å². The Morgan fingerprint density at radius 1 is 1.44 bits per heavy atom. The molecule has 0 aliphatic carbocycles. The first-order valence-electron chi connectivity index (χ1n) is 5.46. The largest absolute Gasteiger partial charge is 0.465 e. The highest BCUT2D eigenvalue weighted by atomic mass is 16.5. The fraction of sp³-hybridized carbons (Fsp3) is 0.750. The van der Waals surface area contributed by atoms with Gasteiger partial charge in [-0.05, 0) is 12.3 Å². The number of hydrogen-bond acceptors (Lipinski definition) is 4. The molecule has 0 unspecified atom stereocenters. The molecule has 0 aromatic carbocycles. The van der Waals surface area contributed by atoms with Gasteiger partial charge in [0.15, 0.2) is 0 Å². The highest BCUT2D eigenvalue weighted by Crippen LogP contribution is 2.26. The summed E-state index contributed by atoms with van der Waals surface area (Å²) in [7, 11) is 0. The summed E-state index contributed by atoms with van der Waals surface area (Å²) in [6.45, 7) is 7.37. The van der Waals surface area contributed by atoms with Crippen molar-refractivity contribution in [3.63, 3.8) is 0 Å². The number of carbonyl (C=O) groups is 1. The molecule has 4 nitrogen and oxygen atoms in total. The SMILES string of the molecule is CCOC(=O)[C@@H](/C=C/CO)[C@H](O)C(C)(C)C. The highest BCUT2D eigenvalue weighted by Gasteiger charge is 2.34. The van der Waals surface area contributed by atoms with Crippen LogP contribution in [0.25, 0.3) is 0 Å².